The van der Waals surface area contributed by atoms with Gasteiger partial charge in [0.05, 0.1) is 22.8 Å². The van der Waals surface area contributed by atoms with Crippen molar-refractivity contribution in [2.45, 2.75) is 26.4 Å². The molecule has 1 atom stereocenters. The molecule has 1 aliphatic heterocycles. The number of nitrogens with zero attached hydrogens (tertiary/aromatic N) is 3. The number of aryl methyl sites for hydroxylation is 1. The molecule has 0 amide bonds. The molecule has 194 valence electrons. The van der Waals surface area contributed by atoms with Gasteiger partial charge in [-0.15, -0.1) is 0 Å². The van der Waals surface area contributed by atoms with E-state index in [-0.39, 0.29) is 12.1 Å². The summed E-state index contributed by atoms with van der Waals surface area (Å²) in [6.07, 6.45) is 2.05. The maximum atomic E-state index is 12.9. The summed E-state index contributed by atoms with van der Waals surface area (Å²) in [4.78, 5) is 28.8. The Morgan fingerprint density at radius 3 is 2.73 bits per heavy atom. The molecular weight excluding hydrogens is 532 g/mol. The number of piperazine rings is 1. The van der Waals surface area contributed by atoms with Crippen molar-refractivity contribution >= 4 is 38.3 Å². The number of hydrogen-bond acceptors (Lipinski definition) is 6. The lowest BCUT2D eigenvalue weighted by atomic mass is 10.1. The summed E-state index contributed by atoms with van der Waals surface area (Å²) in [5.74, 6) is 0.504. The number of aliphatic hydroxyl groups excluding tert-OH is 1. The number of nitrogens with one attached hydrogen (secondary N) is 3. The van der Waals surface area contributed by atoms with Gasteiger partial charge in [0.2, 0.25) is 0 Å². The lowest BCUT2D eigenvalue weighted by molar-refractivity contribution is 0.191. The third-order valence-electron chi connectivity index (χ3n) is 6.96. The first-order chi connectivity index (χ1) is 17.9. The highest BCUT2D eigenvalue weighted by atomic mass is 79.9. The molecule has 0 saturated carbocycles. The molecule has 1 saturated heterocycles. The van der Waals surface area contributed by atoms with E-state index in [9.17, 15) is 9.90 Å². The van der Waals surface area contributed by atoms with E-state index in [2.05, 4.69) is 67.0 Å². The van der Waals surface area contributed by atoms with Crippen molar-refractivity contribution < 1.29 is 5.11 Å². The number of aromatic amines is 2. The number of imidazole rings is 1. The van der Waals surface area contributed by atoms with Crippen molar-refractivity contribution in [3.05, 3.63) is 74.6 Å². The second-order valence-electron chi connectivity index (χ2n) is 9.62. The van der Waals surface area contributed by atoms with E-state index in [0.717, 1.165) is 59.4 Å². The van der Waals surface area contributed by atoms with Crippen LogP contribution in [0.25, 0.3) is 22.4 Å². The van der Waals surface area contributed by atoms with Crippen LogP contribution in [0.5, 0.6) is 0 Å². The first-order valence-corrected chi connectivity index (χ1v) is 13.6. The quantitative estimate of drug-likeness (QED) is 0.248. The summed E-state index contributed by atoms with van der Waals surface area (Å²) in [6.45, 7) is 9.82. The van der Waals surface area contributed by atoms with Gasteiger partial charge in [0, 0.05) is 49.1 Å². The van der Waals surface area contributed by atoms with Gasteiger partial charge in [0.1, 0.15) is 11.4 Å². The van der Waals surface area contributed by atoms with Crippen LogP contribution in [0, 0.1) is 6.92 Å². The standard InChI is InChI=1S/C28H33BrN6O2/c1-3-9-34-10-12-35(13-11-34)21-14-18(2)26-23(16-21)32-27(33-26)25-22(7-8-30-28(25)37)31-17-24(36)19-5-4-6-20(29)15-19/h4-8,14-16,24,36H,3,9-13,17H2,1-2H3,(H,32,33)(H2,30,31,37)/t24-/m1/s1. The highest BCUT2D eigenvalue weighted by Crippen LogP contribution is 2.30. The average molecular weight is 566 g/mol. The third kappa shape index (κ3) is 5.58. The van der Waals surface area contributed by atoms with Crippen molar-refractivity contribution in [2.75, 3.05) is 49.5 Å². The van der Waals surface area contributed by atoms with Gasteiger partial charge in [0.25, 0.3) is 5.56 Å². The Balaban J connectivity index is 1.40. The summed E-state index contributed by atoms with van der Waals surface area (Å²) < 4.78 is 0.903. The van der Waals surface area contributed by atoms with E-state index in [0.29, 0.717) is 17.1 Å². The first kappa shape index (κ1) is 25.5. The summed E-state index contributed by atoms with van der Waals surface area (Å²) >= 11 is 3.45. The van der Waals surface area contributed by atoms with Crippen LogP contribution in [0.3, 0.4) is 0 Å². The number of aliphatic hydroxyl groups is 1. The second kappa shape index (κ2) is 11.1. The molecule has 0 unspecified atom stereocenters. The van der Waals surface area contributed by atoms with Crippen molar-refractivity contribution in [2.24, 2.45) is 0 Å². The Hall–Kier alpha value is -3.14. The SMILES string of the molecule is CCCN1CCN(c2cc(C)c3nc(-c4c(NC[C@@H](O)c5cccc(Br)c5)cc[nH]c4=O)[nH]c3c2)CC1. The fourth-order valence-corrected chi connectivity index (χ4v) is 5.43. The fourth-order valence-electron chi connectivity index (χ4n) is 5.02. The average Bonchev–Trinajstić information content (AvgIpc) is 3.32. The molecule has 9 heteroatoms. The van der Waals surface area contributed by atoms with Gasteiger partial charge >= 0.3 is 0 Å². The van der Waals surface area contributed by atoms with Crippen LogP contribution < -0.4 is 15.8 Å². The Bertz CT molecular complexity index is 1440. The summed E-state index contributed by atoms with van der Waals surface area (Å²) in [6, 6.07) is 13.7. The second-order valence-corrected chi connectivity index (χ2v) is 10.5. The number of rotatable bonds is 8. The topological polar surface area (TPSA) is 100 Å². The largest absolute Gasteiger partial charge is 0.387 e. The van der Waals surface area contributed by atoms with Crippen LogP contribution in [-0.4, -0.2) is 64.2 Å². The Labute approximate surface area is 224 Å². The number of fused-ring (bicyclic) bond motifs is 1. The van der Waals surface area contributed by atoms with Crippen LogP contribution in [0.1, 0.15) is 30.6 Å². The van der Waals surface area contributed by atoms with E-state index < -0.39 is 6.10 Å². The molecule has 1 aliphatic rings. The van der Waals surface area contributed by atoms with E-state index in [1.165, 1.54) is 12.1 Å². The number of pyridine rings is 1. The van der Waals surface area contributed by atoms with E-state index in [1.807, 2.05) is 24.3 Å². The minimum Gasteiger partial charge on any atom is -0.387 e. The fraction of sp³-hybridized carbons (Fsp3) is 0.357. The van der Waals surface area contributed by atoms with E-state index >= 15 is 0 Å². The maximum absolute atomic E-state index is 12.9. The van der Waals surface area contributed by atoms with Gasteiger partial charge in [-0.1, -0.05) is 35.0 Å². The van der Waals surface area contributed by atoms with Crippen molar-refractivity contribution in [1.82, 2.24) is 19.9 Å². The van der Waals surface area contributed by atoms with Gasteiger partial charge in [-0.2, -0.15) is 0 Å². The van der Waals surface area contributed by atoms with Crippen LogP contribution in [0.2, 0.25) is 0 Å². The van der Waals surface area contributed by atoms with Gasteiger partial charge in [-0.05, 0) is 61.3 Å². The van der Waals surface area contributed by atoms with Crippen molar-refractivity contribution in [3.63, 3.8) is 0 Å². The molecule has 2 aromatic carbocycles. The molecule has 37 heavy (non-hydrogen) atoms. The molecule has 1 fully saturated rings. The highest BCUT2D eigenvalue weighted by molar-refractivity contribution is 9.10. The number of benzene rings is 2. The number of anilines is 2. The van der Waals surface area contributed by atoms with Gasteiger partial charge < -0.3 is 25.3 Å². The highest BCUT2D eigenvalue weighted by Gasteiger charge is 2.20. The van der Waals surface area contributed by atoms with E-state index in [1.54, 1.807) is 12.3 Å². The molecule has 0 spiro atoms. The minimum atomic E-state index is -0.733. The zero-order valence-electron chi connectivity index (χ0n) is 21.2. The minimum absolute atomic E-state index is 0.245. The Morgan fingerprint density at radius 1 is 1.16 bits per heavy atom. The lowest BCUT2D eigenvalue weighted by Gasteiger charge is -2.36. The van der Waals surface area contributed by atoms with Crippen LogP contribution in [0.4, 0.5) is 11.4 Å². The zero-order chi connectivity index (χ0) is 25.9. The lowest BCUT2D eigenvalue weighted by Crippen LogP contribution is -2.46. The number of aromatic nitrogens is 3. The van der Waals surface area contributed by atoms with Gasteiger partial charge in [-0.25, -0.2) is 4.98 Å². The first-order valence-electron chi connectivity index (χ1n) is 12.8. The van der Waals surface area contributed by atoms with Crippen molar-refractivity contribution in [1.29, 1.82) is 0 Å². The molecule has 8 nitrogen and oxygen atoms in total. The molecular formula is C28H33BrN6O2. The Kier molecular flexibility index (Phi) is 7.64. The van der Waals surface area contributed by atoms with E-state index in [4.69, 9.17) is 4.98 Å². The summed E-state index contributed by atoms with van der Waals surface area (Å²) in [5, 5.41) is 13.9. The smallest absolute Gasteiger partial charge is 0.261 e. The monoisotopic (exact) mass is 564 g/mol. The Morgan fingerprint density at radius 2 is 1.97 bits per heavy atom. The number of H-pyrrole nitrogens is 2. The summed E-state index contributed by atoms with van der Waals surface area (Å²) in [7, 11) is 0. The molecule has 3 heterocycles. The van der Waals surface area contributed by atoms with Crippen LogP contribution in [-0.2, 0) is 0 Å². The molecule has 0 bridgehead atoms. The van der Waals surface area contributed by atoms with Gasteiger partial charge in [0.15, 0.2) is 0 Å². The number of hydrogen-bond donors (Lipinski definition) is 4. The number of halogens is 1. The predicted octanol–water partition coefficient (Wildman–Crippen LogP) is 4.67. The molecule has 0 radical (unpaired) electrons. The summed E-state index contributed by atoms with van der Waals surface area (Å²) in [5.41, 5.74) is 5.58. The molecule has 2 aromatic heterocycles. The van der Waals surface area contributed by atoms with Crippen molar-refractivity contribution in [3.8, 4) is 11.4 Å². The van der Waals surface area contributed by atoms with Gasteiger partial charge in [-0.3, -0.25) is 9.69 Å². The van der Waals surface area contributed by atoms with Crippen LogP contribution in [0.15, 0.2) is 57.9 Å². The normalized spacial score (nSPS) is 15.3. The van der Waals surface area contributed by atoms with Crippen LogP contribution >= 0.6 is 15.9 Å². The third-order valence-corrected chi connectivity index (χ3v) is 7.45. The zero-order valence-corrected chi connectivity index (χ0v) is 22.8. The predicted molar refractivity (Wildman–Crippen MR) is 153 cm³/mol. The molecule has 0 aliphatic carbocycles. The molecule has 4 N–H and O–H groups in total. The molecule has 5 rings (SSSR count). The maximum Gasteiger partial charge on any atom is 0.261 e. The molecule has 4 aromatic rings.